The maximum atomic E-state index is 12.9. The van der Waals surface area contributed by atoms with E-state index in [2.05, 4.69) is 27.0 Å². The first-order valence-electron chi connectivity index (χ1n) is 8.57. The number of fused-ring (bicyclic) bond motifs is 1. The van der Waals surface area contributed by atoms with Crippen molar-refractivity contribution >= 4 is 34.7 Å². The first-order valence-corrected chi connectivity index (χ1v) is 10.4. The molecule has 1 atom stereocenters. The lowest BCUT2D eigenvalue weighted by molar-refractivity contribution is 0.0935. The van der Waals surface area contributed by atoms with E-state index in [0.717, 1.165) is 16.3 Å². The van der Waals surface area contributed by atoms with Gasteiger partial charge >= 0.3 is 0 Å². The zero-order valence-corrected chi connectivity index (χ0v) is 16.3. The van der Waals surface area contributed by atoms with Gasteiger partial charge in [0.05, 0.1) is 11.6 Å². The molecule has 0 fully saturated rings. The van der Waals surface area contributed by atoms with Crippen LogP contribution in [0.2, 0.25) is 0 Å². The summed E-state index contributed by atoms with van der Waals surface area (Å²) in [7, 11) is 0. The molecule has 1 N–H and O–H groups in total. The first kappa shape index (κ1) is 17.8. The van der Waals surface area contributed by atoms with Crippen molar-refractivity contribution in [3.63, 3.8) is 0 Å². The summed E-state index contributed by atoms with van der Waals surface area (Å²) in [5, 5.41) is 13.5. The summed E-state index contributed by atoms with van der Waals surface area (Å²) >= 11 is 3.40. The van der Waals surface area contributed by atoms with Crippen LogP contribution in [0.5, 0.6) is 0 Å². The second-order valence-electron chi connectivity index (χ2n) is 6.05. The number of carbonyl (C=O) groups is 1. The molecule has 0 bridgehead atoms. The van der Waals surface area contributed by atoms with Gasteiger partial charge in [-0.15, -0.1) is 33.3 Å². The zero-order chi connectivity index (χ0) is 18.6. The third kappa shape index (κ3) is 3.89. The minimum Gasteiger partial charge on any atom is -0.342 e. The van der Waals surface area contributed by atoms with E-state index in [1.807, 2.05) is 66.1 Å². The second-order valence-corrected chi connectivity index (χ2v) is 8.10. The van der Waals surface area contributed by atoms with Gasteiger partial charge in [-0.1, -0.05) is 24.3 Å². The largest absolute Gasteiger partial charge is 0.342 e. The number of benzene rings is 1. The maximum Gasteiger partial charge on any atom is 0.252 e. The Morgan fingerprint density at radius 1 is 1.15 bits per heavy atom. The number of hydrogen-bond donors (Lipinski definition) is 1. The molecule has 1 amide bonds. The van der Waals surface area contributed by atoms with E-state index in [0.29, 0.717) is 11.4 Å². The molecule has 0 aliphatic rings. The summed E-state index contributed by atoms with van der Waals surface area (Å²) < 4.78 is 1.89. The minimum atomic E-state index is -0.259. The normalized spacial score (nSPS) is 12.2. The minimum absolute atomic E-state index is 0.107. The average molecular weight is 395 g/mol. The monoisotopic (exact) mass is 394 g/mol. The van der Waals surface area contributed by atoms with E-state index >= 15 is 0 Å². The summed E-state index contributed by atoms with van der Waals surface area (Å²) in [5.41, 5.74) is 1.44. The van der Waals surface area contributed by atoms with Crippen molar-refractivity contribution in [3.8, 4) is 0 Å². The number of nitrogens with zero attached hydrogens (tertiary/aromatic N) is 3. The third-order valence-electron chi connectivity index (χ3n) is 4.16. The smallest absolute Gasteiger partial charge is 0.252 e. The molecule has 136 valence electrons. The van der Waals surface area contributed by atoms with Crippen LogP contribution in [-0.4, -0.2) is 20.5 Å². The SMILES string of the molecule is CC(NC(=O)c1ccccc1SCc1cccs1)c1nnc2ccccn12. The van der Waals surface area contributed by atoms with Crippen molar-refractivity contribution in [1.29, 1.82) is 0 Å². The van der Waals surface area contributed by atoms with Crippen LogP contribution in [0.25, 0.3) is 5.65 Å². The Morgan fingerprint density at radius 3 is 2.85 bits per heavy atom. The molecule has 0 saturated heterocycles. The molecule has 0 radical (unpaired) electrons. The Morgan fingerprint density at radius 2 is 2.00 bits per heavy atom. The van der Waals surface area contributed by atoms with Gasteiger partial charge in [0.1, 0.15) is 0 Å². The molecule has 0 spiro atoms. The van der Waals surface area contributed by atoms with Crippen LogP contribution in [0.3, 0.4) is 0 Å². The lowest BCUT2D eigenvalue weighted by Crippen LogP contribution is -2.28. The standard InChI is InChI=1S/C20H18N4OS2/c1-14(19-23-22-18-10-4-5-11-24(18)19)21-20(25)16-8-2-3-9-17(16)27-13-15-7-6-12-26-15/h2-12,14H,13H2,1H3,(H,21,25). The Hall–Kier alpha value is -2.64. The molecule has 1 aromatic carbocycles. The van der Waals surface area contributed by atoms with Crippen LogP contribution in [0.4, 0.5) is 0 Å². The van der Waals surface area contributed by atoms with Crippen LogP contribution >= 0.6 is 23.1 Å². The van der Waals surface area contributed by atoms with Crippen LogP contribution in [0, 0.1) is 0 Å². The van der Waals surface area contributed by atoms with Gasteiger partial charge in [0, 0.05) is 21.7 Å². The highest BCUT2D eigenvalue weighted by Crippen LogP contribution is 2.28. The highest BCUT2D eigenvalue weighted by Gasteiger charge is 2.18. The number of aromatic nitrogens is 3. The molecule has 4 rings (SSSR count). The highest BCUT2D eigenvalue weighted by atomic mass is 32.2. The number of thioether (sulfide) groups is 1. The molecule has 0 saturated carbocycles. The van der Waals surface area contributed by atoms with Crippen molar-refractivity contribution < 1.29 is 4.79 Å². The third-order valence-corrected chi connectivity index (χ3v) is 6.34. The molecular weight excluding hydrogens is 376 g/mol. The van der Waals surface area contributed by atoms with Gasteiger partial charge in [-0.25, -0.2) is 0 Å². The number of pyridine rings is 1. The van der Waals surface area contributed by atoms with Gasteiger partial charge in [0.2, 0.25) is 0 Å². The number of nitrogens with one attached hydrogen (secondary N) is 1. The topological polar surface area (TPSA) is 59.3 Å². The van der Waals surface area contributed by atoms with E-state index in [1.165, 1.54) is 4.88 Å². The van der Waals surface area contributed by atoms with Crippen molar-refractivity contribution in [1.82, 2.24) is 19.9 Å². The summed E-state index contributed by atoms with van der Waals surface area (Å²) in [4.78, 5) is 15.2. The lowest BCUT2D eigenvalue weighted by atomic mass is 10.2. The predicted molar refractivity (Wildman–Crippen MR) is 109 cm³/mol. The molecule has 3 aromatic heterocycles. The number of thiophene rings is 1. The van der Waals surface area contributed by atoms with Gasteiger partial charge in [-0.2, -0.15) is 0 Å². The van der Waals surface area contributed by atoms with Crippen LogP contribution in [0.1, 0.15) is 34.0 Å². The molecule has 7 heteroatoms. The van der Waals surface area contributed by atoms with E-state index in [4.69, 9.17) is 0 Å². The second kappa shape index (κ2) is 7.94. The summed E-state index contributed by atoms with van der Waals surface area (Å²) in [6.07, 6.45) is 1.90. The Kier molecular flexibility index (Phi) is 5.22. The molecule has 3 heterocycles. The Balaban J connectivity index is 1.51. The maximum absolute atomic E-state index is 12.9. The van der Waals surface area contributed by atoms with Gasteiger partial charge in [-0.3, -0.25) is 9.20 Å². The van der Waals surface area contributed by atoms with Gasteiger partial charge in [0.15, 0.2) is 11.5 Å². The number of carbonyl (C=O) groups excluding carboxylic acids is 1. The van der Waals surface area contributed by atoms with Crippen molar-refractivity contribution in [2.45, 2.75) is 23.6 Å². The van der Waals surface area contributed by atoms with E-state index in [9.17, 15) is 4.79 Å². The summed E-state index contributed by atoms with van der Waals surface area (Å²) in [5.74, 6) is 1.46. The average Bonchev–Trinajstić information content (AvgIpc) is 3.36. The van der Waals surface area contributed by atoms with E-state index in [-0.39, 0.29) is 11.9 Å². The Bertz CT molecular complexity index is 1060. The first-order chi connectivity index (χ1) is 13.2. The molecule has 1 unspecified atom stereocenters. The van der Waals surface area contributed by atoms with E-state index < -0.39 is 0 Å². The summed E-state index contributed by atoms with van der Waals surface area (Å²) in [6, 6.07) is 17.3. The molecule has 0 aliphatic heterocycles. The van der Waals surface area contributed by atoms with Crippen LogP contribution in [-0.2, 0) is 5.75 Å². The number of hydrogen-bond acceptors (Lipinski definition) is 5. The van der Waals surface area contributed by atoms with Gasteiger partial charge in [-0.05, 0) is 42.6 Å². The fourth-order valence-corrected chi connectivity index (χ4v) is 4.64. The van der Waals surface area contributed by atoms with Crippen LogP contribution in [0.15, 0.2) is 71.1 Å². The summed E-state index contributed by atoms with van der Waals surface area (Å²) in [6.45, 7) is 1.92. The zero-order valence-electron chi connectivity index (χ0n) is 14.7. The Labute approximate surface area is 165 Å². The molecule has 4 aromatic rings. The van der Waals surface area contributed by atoms with Gasteiger partial charge < -0.3 is 5.32 Å². The fourth-order valence-electron chi connectivity index (χ4n) is 2.82. The number of amides is 1. The predicted octanol–water partition coefficient (Wildman–Crippen LogP) is 4.57. The molecule has 27 heavy (non-hydrogen) atoms. The van der Waals surface area contributed by atoms with Crippen molar-refractivity contribution in [2.24, 2.45) is 0 Å². The molecular formula is C20H18N4OS2. The lowest BCUT2D eigenvalue weighted by Gasteiger charge is -2.14. The van der Waals surface area contributed by atoms with Crippen molar-refractivity contribution in [3.05, 3.63) is 82.4 Å². The van der Waals surface area contributed by atoms with E-state index in [1.54, 1.807) is 23.1 Å². The fraction of sp³-hybridized carbons (Fsp3) is 0.150. The quantitative estimate of drug-likeness (QED) is 0.487. The number of rotatable bonds is 6. The van der Waals surface area contributed by atoms with Gasteiger partial charge in [0.25, 0.3) is 5.91 Å². The molecule has 0 aliphatic carbocycles. The molecule has 5 nitrogen and oxygen atoms in total. The van der Waals surface area contributed by atoms with Crippen molar-refractivity contribution in [2.75, 3.05) is 0 Å². The van der Waals surface area contributed by atoms with Crippen LogP contribution < -0.4 is 5.32 Å². The highest BCUT2D eigenvalue weighted by molar-refractivity contribution is 7.98.